The molecule has 7 heteroatoms. The van der Waals surface area contributed by atoms with Gasteiger partial charge in [0.2, 0.25) is 0 Å². The van der Waals surface area contributed by atoms with Crippen LogP contribution in [0.25, 0.3) is 0 Å². The summed E-state index contributed by atoms with van der Waals surface area (Å²) < 4.78 is 10.6. The normalized spacial score (nSPS) is 15.9. The summed E-state index contributed by atoms with van der Waals surface area (Å²) in [4.78, 5) is 9.55. The van der Waals surface area contributed by atoms with Crippen molar-refractivity contribution in [1.29, 1.82) is 0 Å². The summed E-state index contributed by atoms with van der Waals surface area (Å²) >= 11 is 0. The fraction of sp³-hybridized carbons (Fsp3) is 0.458. The minimum atomic E-state index is 0. The van der Waals surface area contributed by atoms with Crippen molar-refractivity contribution in [2.24, 2.45) is 10.9 Å². The Morgan fingerprint density at radius 1 is 1.13 bits per heavy atom. The molecule has 2 aromatic carbocycles. The Hall–Kier alpha value is -2.16. The van der Waals surface area contributed by atoms with E-state index in [0.29, 0.717) is 5.92 Å². The predicted octanol–water partition coefficient (Wildman–Crippen LogP) is 4.25. The highest BCUT2D eigenvalue weighted by atomic mass is 127. The molecule has 0 saturated carbocycles. The van der Waals surface area contributed by atoms with Gasteiger partial charge >= 0.3 is 0 Å². The van der Waals surface area contributed by atoms with Crippen LogP contribution in [0.2, 0.25) is 0 Å². The standard InChI is InChI=1S/C24H34N4O2.HI/c1-5-25-24(27(2)17-19-9-11-22(29-3)12-10-19)26-16-20-13-14-28(18-20)21-7-6-8-23(15-21)30-4;/h6-12,15,20H,5,13-14,16-18H2,1-4H3,(H,25,26);1H. The van der Waals surface area contributed by atoms with Gasteiger partial charge < -0.3 is 24.6 Å². The van der Waals surface area contributed by atoms with E-state index in [1.807, 2.05) is 18.2 Å². The molecule has 3 rings (SSSR count). The molecule has 2 aromatic rings. The summed E-state index contributed by atoms with van der Waals surface area (Å²) in [6.07, 6.45) is 1.16. The summed E-state index contributed by atoms with van der Waals surface area (Å²) in [6.45, 7) is 6.68. The van der Waals surface area contributed by atoms with E-state index >= 15 is 0 Å². The Morgan fingerprint density at radius 3 is 2.55 bits per heavy atom. The maximum Gasteiger partial charge on any atom is 0.193 e. The molecule has 1 atom stereocenters. The molecule has 1 N–H and O–H groups in total. The van der Waals surface area contributed by atoms with Gasteiger partial charge in [-0.3, -0.25) is 4.99 Å². The molecular weight excluding hydrogens is 503 g/mol. The second-order valence-electron chi connectivity index (χ2n) is 7.70. The number of rotatable bonds is 8. The Morgan fingerprint density at radius 2 is 1.87 bits per heavy atom. The quantitative estimate of drug-likeness (QED) is 0.310. The second-order valence-corrected chi connectivity index (χ2v) is 7.70. The van der Waals surface area contributed by atoms with E-state index < -0.39 is 0 Å². The van der Waals surface area contributed by atoms with Gasteiger partial charge in [-0.05, 0) is 49.1 Å². The van der Waals surface area contributed by atoms with Crippen molar-refractivity contribution in [2.75, 3.05) is 52.3 Å². The second kappa shape index (κ2) is 12.6. The molecule has 0 spiro atoms. The van der Waals surface area contributed by atoms with Gasteiger partial charge in [0.15, 0.2) is 5.96 Å². The lowest BCUT2D eigenvalue weighted by Crippen LogP contribution is -2.39. The summed E-state index contributed by atoms with van der Waals surface area (Å²) in [5.74, 6) is 3.29. The topological polar surface area (TPSA) is 49.3 Å². The van der Waals surface area contributed by atoms with E-state index in [0.717, 1.165) is 56.6 Å². The Bertz CT molecular complexity index is 829. The first-order valence-electron chi connectivity index (χ1n) is 10.6. The Kier molecular flexibility index (Phi) is 10.2. The molecule has 0 aliphatic carbocycles. The number of halogens is 1. The number of aliphatic imine (C=N–C) groups is 1. The Balaban J connectivity index is 0.00000341. The lowest BCUT2D eigenvalue weighted by molar-refractivity contribution is 0.414. The van der Waals surface area contributed by atoms with Crippen LogP contribution in [0.15, 0.2) is 53.5 Å². The van der Waals surface area contributed by atoms with E-state index in [4.69, 9.17) is 14.5 Å². The van der Waals surface area contributed by atoms with Crippen molar-refractivity contribution in [3.8, 4) is 11.5 Å². The first-order valence-corrected chi connectivity index (χ1v) is 10.6. The van der Waals surface area contributed by atoms with Crippen LogP contribution >= 0.6 is 24.0 Å². The average Bonchev–Trinajstić information content (AvgIpc) is 3.26. The van der Waals surface area contributed by atoms with Gasteiger partial charge in [-0.1, -0.05) is 18.2 Å². The lowest BCUT2D eigenvalue weighted by Gasteiger charge is -2.23. The van der Waals surface area contributed by atoms with Crippen LogP contribution in [0.1, 0.15) is 18.9 Å². The number of nitrogens with zero attached hydrogens (tertiary/aromatic N) is 3. The van der Waals surface area contributed by atoms with Crippen molar-refractivity contribution < 1.29 is 9.47 Å². The zero-order chi connectivity index (χ0) is 21.3. The number of methoxy groups -OCH3 is 2. The number of guanidine groups is 1. The van der Waals surface area contributed by atoms with Crippen LogP contribution in [-0.2, 0) is 6.54 Å². The lowest BCUT2D eigenvalue weighted by atomic mass is 10.1. The zero-order valence-electron chi connectivity index (χ0n) is 19.0. The minimum Gasteiger partial charge on any atom is -0.497 e. The maximum atomic E-state index is 5.37. The molecule has 1 unspecified atom stereocenters. The highest BCUT2D eigenvalue weighted by molar-refractivity contribution is 14.0. The maximum absolute atomic E-state index is 5.37. The summed E-state index contributed by atoms with van der Waals surface area (Å²) in [5, 5.41) is 3.43. The van der Waals surface area contributed by atoms with Crippen LogP contribution in [0, 0.1) is 5.92 Å². The van der Waals surface area contributed by atoms with Gasteiger partial charge in [0.25, 0.3) is 0 Å². The summed E-state index contributed by atoms with van der Waals surface area (Å²) in [6, 6.07) is 16.5. The largest absolute Gasteiger partial charge is 0.497 e. The van der Waals surface area contributed by atoms with E-state index in [1.54, 1.807) is 14.2 Å². The molecule has 0 aromatic heterocycles. The third-order valence-electron chi connectivity index (χ3n) is 5.48. The SMILES string of the molecule is CCNC(=NCC1CCN(c2cccc(OC)c2)C1)N(C)Cc1ccc(OC)cc1.I. The van der Waals surface area contributed by atoms with Gasteiger partial charge in [-0.25, -0.2) is 0 Å². The summed E-state index contributed by atoms with van der Waals surface area (Å²) in [7, 11) is 5.49. The average molecular weight is 538 g/mol. The van der Waals surface area contributed by atoms with Crippen LogP contribution in [-0.4, -0.2) is 58.3 Å². The fourth-order valence-corrected chi connectivity index (χ4v) is 3.79. The van der Waals surface area contributed by atoms with Gasteiger partial charge in [0.05, 0.1) is 14.2 Å². The van der Waals surface area contributed by atoms with Crippen molar-refractivity contribution in [2.45, 2.75) is 19.9 Å². The fourth-order valence-electron chi connectivity index (χ4n) is 3.79. The number of ether oxygens (including phenoxy) is 2. The van der Waals surface area contributed by atoms with Gasteiger partial charge in [0, 0.05) is 51.5 Å². The molecule has 170 valence electrons. The number of benzene rings is 2. The molecule has 1 aliphatic heterocycles. The van der Waals surface area contributed by atoms with Crippen molar-refractivity contribution in [1.82, 2.24) is 10.2 Å². The number of hydrogen-bond acceptors (Lipinski definition) is 4. The third kappa shape index (κ3) is 7.19. The number of anilines is 1. The van der Waals surface area contributed by atoms with E-state index in [9.17, 15) is 0 Å². The monoisotopic (exact) mass is 538 g/mol. The van der Waals surface area contributed by atoms with Gasteiger partial charge in [-0.2, -0.15) is 0 Å². The molecule has 0 radical (unpaired) electrons. The first-order chi connectivity index (χ1) is 14.6. The molecule has 1 saturated heterocycles. The molecule has 1 aliphatic rings. The predicted molar refractivity (Wildman–Crippen MR) is 139 cm³/mol. The zero-order valence-corrected chi connectivity index (χ0v) is 21.3. The first kappa shape index (κ1) is 25.1. The van der Waals surface area contributed by atoms with Gasteiger partial charge in [-0.15, -0.1) is 24.0 Å². The molecule has 0 amide bonds. The molecule has 0 bridgehead atoms. The van der Waals surface area contributed by atoms with Gasteiger partial charge in [0.1, 0.15) is 11.5 Å². The molecular formula is C24H35IN4O2. The smallest absolute Gasteiger partial charge is 0.193 e. The van der Waals surface area contributed by atoms with Crippen LogP contribution in [0.3, 0.4) is 0 Å². The Labute approximate surface area is 203 Å². The summed E-state index contributed by atoms with van der Waals surface area (Å²) in [5.41, 5.74) is 2.46. The number of hydrogen-bond donors (Lipinski definition) is 1. The molecule has 31 heavy (non-hydrogen) atoms. The van der Waals surface area contributed by atoms with Crippen LogP contribution in [0.4, 0.5) is 5.69 Å². The van der Waals surface area contributed by atoms with Crippen LogP contribution in [0.5, 0.6) is 11.5 Å². The molecule has 1 heterocycles. The third-order valence-corrected chi connectivity index (χ3v) is 5.48. The minimum absolute atomic E-state index is 0. The van der Waals surface area contributed by atoms with Crippen molar-refractivity contribution in [3.63, 3.8) is 0 Å². The van der Waals surface area contributed by atoms with E-state index in [-0.39, 0.29) is 24.0 Å². The highest BCUT2D eigenvalue weighted by Gasteiger charge is 2.23. The number of nitrogens with one attached hydrogen (secondary N) is 1. The van der Waals surface area contributed by atoms with Crippen LogP contribution < -0.4 is 19.7 Å². The van der Waals surface area contributed by atoms with Crippen molar-refractivity contribution >= 4 is 35.6 Å². The van der Waals surface area contributed by atoms with Crippen molar-refractivity contribution in [3.05, 3.63) is 54.1 Å². The van der Waals surface area contributed by atoms with E-state index in [1.165, 1.54) is 11.3 Å². The highest BCUT2D eigenvalue weighted by Crippen LogP contribution is 2.27. The van der Waals surface area contributed by atoms with E-state index in [2.05, 4.69) is 59.4 Å². The molecule has 1 fully saturated rings. The molecule has 6 nitrogen and oxygen atoms in total.